The monoisotopic (exact) mass is 831 g/mol. The molecule has 0 aliphatic carbocycles. The van der Waals surface area contributed by atoms with Gasteiger partial charge >= 0.3 is 17.9 Å². The van der Waals surface area contributed by atoms with E-state index >= 15 is 0 Å². The molecular weight excluding hydrogens is 733 g/mol. The van der Waals surface area contributed by atoms with Crippen LogP contribution in [0.5, 0.6) is 0 Å². The summed E-state index contributed by atoms with van der Waals surface area (Å²) in [5, 5.41) is 0. The Labute approximate surface area is 366 Å². The van der Waals surface area contributed by atoms with Gasteiger partial charge in [0.05, 0.1) is 0 Å². The molecule has 0 fully saturated rings. The molecule has 6 nitrogen and oxygen atoms in total. The summed E-state index contributed by atoms with van der Waals surface area (Å²) >= 11 is 0. The molecule has 0 spiro atoms. The highest BCUT2D eigenvalue weighted by Crippen LogP contribution is 2.15. The maximum absolute atomic E-state index is 12.8. The number of carbonyl (C=O) groups excluding carboxylic acids is 3. The van der Waals surface area contributed by atoms with Gasteiger partial charge in [-0.05, 0) is 70.6 Å². The molecule has 0 rings (SSSR count). The van der Waals surface area contributed by atoms with E-state index in [2.05, 4.69) is 45.1 Å². The maximum Gasteiger partial charge on any atom is 0.306 e. The first kappa shape index (κ1) is 56.9. The van der Waals surface area contributed by atoms with Crippen LogP contribution in [0.15, 0.2) is 24.3 Å². The van der Waals surface area contributed by atoms with Gasteiger partial charge in [-0.3, -0.25) is 14.4 Å². The smallest absolute Gasteiger partial charge is 0.306 e. The molecule has 0 N–H and O–H groups in total. The summed E-state index contributed by atoms with van der Waals surface area (Å²) in [5.41, 5.74) is 0. The second-order valence-corrected chi connectivity index (χ2v) is 17.4. The third kappa shape index (κ3) is 46.8. The van der Waals surface area contributed by atoms with Gasteiger partial charge in [-0.25, -0.2) is 0 Å². The molecule has 0 aromatic heterocycles. The first-order chi connectivity index (χ1) is 29.0. The summed E-state index contributed by atoms with van der Waals surface area (Å²) in [4.78, 5) is 37.9. The molecule has 0 saturated heterocycles. The number of hydrogen-bond acceptors (Lipinski definition) is 6. The number of allylic oxidation sites excluding steroid dienone is 4. The third-order valence-electron chi connectivity index (χ3n) is 11.4. The molecule has 0 radical (unpaired) electrons. The summed E-state index contributed by atoms with van der Waals surface area (Å²) in [5.74, 6) is -0.880. The Morgan fingerprint density at radius 3 is 0.881 bits per heavy atom. The van der Waals surface area contributed by atoms with Crippen molar-refractivity contribution < 1.29 is 28.6 Å². The van der Waals surface area contributed by atoms with E-state index in [-0.39, 0.29) is 31.1 Å². The molecule has 0 saturated carbocycles. The normalized spacial score (nSPS) is 12.1. The topological polar surface area (TPSA) is 78.9 Å². The van der Waals surface area contributed by atoms with Gasteiger partial charge in [-0.1, -0.05) is 212 Å². The molecule has 0 aromatic rings. The second-order valence-electron chi connectivity index (χ2n) is 17.4. The first-order valence-corrected chi connectivity index (χ1v) is 25.8. The molecule has 0 bridgehead atoms. The lowest BCUT2D eigenvalue weighted by molar-refractivity contribution is -0.167. The van der Waals surface area contributed by atoms with E-state index in [4.69, 9.17) is 14.2 Å². The largest absolute Gasteiger partial charge is 0.462 e. The van der Waals surface area contributed by atoms with E-state index in [1.165, 1.54) is 167 Å². The Balaban J connectivity index is 4.35. The lowest BCUT2D eigenvalue weighted by atomic mass is 10.0. The van der Waals surface area contributed by atoms with Crippen LogP contribution in [-0.2, 0) is 28.6 Å². The molecule has 0 aromatic carbocycles. The van der Waals surface area contributed by atoms with Crippen molar-refractivity contribution in [2.24, 2.45) is 0 Å². The number of unbranched alkanes of at least 4 members (excludes halogenated alkanes) is 32. The van der Waals surface area contributed by atoms with Gasteiger partial charge in [0.15, 0.2) is 6.10 Å². The highest BCUT2D eigenvalue weighted by atomic mass is 16.6. The van der Waals surface area contributed by atoms with E-state index in [1.807, 2.05) is 0 Å². The zero-order chi connectivity index (χ0) is 43.0. The van der Waals surface area contributed by atoms with Crippen molar-refractivity contribution in [1.29, 1.82) is 0 Å². The average molecular weight is 831 g/mol. The molecular formula is C53H98O6. The molecule has 59 heavy (non-hydrogen) atoms. The number of carbonyl (C=O) groups is 3. The number of ether oxygens (including phenoxy) is 3. The fraction of sp³-hybridized carbons (Fsp3) is 0.868. The minimum absolute atomic E-state index is 0.0735. The highest BCUT2D eigenvalue weighted by molar-refractivity contribution is 5.71. The standard InChI is InChI=1S/C53H98O6/c1-4-7-10-13-16-19-22-25-27-29-31-34-37-40-43-46-52(55)58-49-50(48-57-51(54)45-42-39-36-33-30-24-21-18-15-12-9-6-3)59-53(56)47-44-41-38-35-32-28-26-23-20-17-14-11-8-5-2/h18,21,23,26,50H,4-17,19-20,22,24-25,27-49H2,1-3H3/b21-18-,26-23-/t50-/m1/s1. The molecule has 346 valence electrons. The zero-order valence-electron chi connectivity index (χ0n) is 39.5. The molecule has 0 amide bonds. The van der Waals surface area contributed by atoms with Crippen molar-refractivity contribution in [3.05, 3.63) is 24.3 Å². The molecule has 1 atom stereocenters. The van der Waals surface area contributed by atoms with Gasteiger partial charge in [0, 0.05) is 19.3 Å². The predicted octanol–water partition coefficient (Wildman–Crippen LogP) is 16.8. The maximum atomic E-state index is 12.8. The van der Waals surface area contributed by atoms with Crippen molar-refractivity contribution >= 4 is 17.9 Å². The molecule has 0 heterocycles. The first-order valence-electron chi connectivity index (χ1n) is 25.8. The van der Waals surface area contributed by atoms with Crippen LogP contribution in [0.3, 0.4) is 0 Å². The van der Waals surface area contributed by atoms with Crippen molar-refractivity contribution in [1.82, 2.24) is 0 Å². The molecule has 0 aliphatic rings. The Morgan fingerprint density at radius 2 is 0.559 bits per heavy atom. The summed E-state index contributed by atoms with van der Waals surface area (Å²) in [6, 6.07) is 0. The van der Waals surface area contributed by atoms with Crippen LogP contribution in [0.2, 0.25) is 0 Å². The highest BCUT2D eigenvalue weighted by Gasteiger charge is 2.19. The van der Waals surface area contributed by atoms with Gasteiger partial charge < -0.3 is 14.2 Å². The van der Waals surface area contributed by atoms with E-state index in [0.717, 1.165) is 70.6 Å². The summed E-state index contributed by atoms with van der Waals surface area (Å²) in [6.07, 6.45) is 54.4. The summed E-state index contributed by atoms with van der Waals surface area (Å²) in [7, 11) is 0. The summed E-state index contributed by atoms with van der Waals surface area (Å²) in [6.45, 7) is 6.62. The van der Waals surface area contributed by atoms with Crippen LogP contribution in [0.1, 0.15) is 278 Å². The van der Waals surface area contributed by atoms with E-state index in [0.29, 0.717) is 19.3 Å². The third-order valence-corrected chi connectivity index (χ3v) is 11.4. The predicted molar refractivity (Wildman–Crippen MR) is 252 cm³/mol. The van der Waals surface area contributed by atoms with Gasteiger partial charge in [-0.2, -0.15) is 0 Å². The van der Waals surface area contributed by atoms with Crippen molar-refractivity contribution in [2.75, 3.05) is 13.2 Å². The van der Waals surface area contributed by atoms with E-state index in [9.17, 15) is 14.4 Å². The number of esters is 3. The van der Waals surface area contributed by atoms with Gasteiger partial charge in [0.2, 0.25) is 0 Å². The van der Waals surface area contributed by atoms with Gasteiger partial charge in [0.25, 0.3) is 0 Å². The van der Waals surface area contributed by atoms with Gasteiger partial charge in [-0.15, -0.1) is 0 Å². The van der Waals surface area contributed by atoms with E-state index in [1.54, 1.807) is 0 Å². The fourth-order valence-corrected chi connectivity index (χ4v) is 7.49. The van der Waals surface area contributed by atoms with Crippen LogP contribution >= 0.6 is 0 Å². The lowest BCUT2D eigenvalue weighted by Crippen LogP contribution is -2.30. The average Bonchev–Trinajstić information content (AvgIpc) is 3.23. The Hall–Kier alpha value is -2.11. The number of hydrogen-bond donors (Lipinski definition) is 0. The Morgan fingerprint density at radius 1 is 0.322 bits per heavy atom. The second kappa shape index (κ2) is 48.6. The van der Waals surface area contributed by atoms with Crippen LogP contribution in [0.4, 0.5) is 0 Å². The zero-order valence-corrected chi connectivity index (χ0v) is 39.5. The van der Waals surface area contributed by atoms with Crippen LogP contribution in [0.25, 0.3) is 0 Å². The Bertz CT molecular complexity index is 958. The van der Waals surface area contributed by atoms with Crippen molar-refractivity contribution in [2.45, 2.75) is 284 Å². The minimum atomic E-state index is -0.773. The van der Waals surface area contributed by atoms with E-state index < -0.39 is 6.10 Å². The molecule has 0 unspecified atom stereocenters. The van der Waals surface area contributed by atoms with Gasteiger partial charge in [0.1, 0.15) is 13.2 Å². The fourth-order valence-electron chi connectivity index (χ4n) is 7.49. The molecule has 0 aliphatic heterocycles. The van der Waals surface area contributed by atoms with Crippen LogP contribution in [0, 0.1) is 0 Å². The SMILES string of the molecule is CCCCC/C=C\CCCCCCCC(=O)OC[C@H](COC(=O)CCCCCCCCCCCCCCCCC)OC(=O)CCCCCCC/C=C\CCCCCCC. The van der Waals surface area contributed by atoms with Crippen LogP contribution < -0.4 is 0 Å². The summed E-state index contributed by atoms with van der Waals surface area (Å²) < 4.78 is 16.8. The Kier molecular flexibility index (Phi) is 46.8. The lowest BCUT2D eigenvalue weighted by Gasteiger charge is -2.18. The number of rotatable bonds is 47. The van der Waals surface area contributed by atoms with Crippen molar-refractivity contribution in [3.8, 4) is 0 Å². The van der Waals surface area contributed by atoms with Crippen LogP contribution in [-0.4, -0.2) is 37.2 Å². The molecule has 6 heteroatoms. The quantitative estimate of drug-likeness (QED) is 0.0263. The van der Waals surface area contributed by atoms with Crippen molar-refractivity contribution in [3.63, 3.8) is 0 Å². The minimum Gasteiger partial charge on any atom is -0.462 e.